The molecule has 1 saturated heterocycles. The Balaban J connectivity index is 2.01. The second-order valence-corrected chi connectivity index (χ2v) is 3.48. The highest BCUT2D eigenvalue weighted by atomic mass is 15.3. The van der Waals surface area contributed by atoms with Gasteiger partial charge in [0.05, 0.1) is 0 Å². The molecule has 0 unspecified atom stereocenters. The van der Waals surface area contributed by atoms with Crippen LogP contribution in [0.15, 0.2) is 0 Å². The van der Waals surface area contributed by atoms with E-state index in [-0.39, 0.29) is 0 Å². The van der Waals surface area contributed by atoms with Gasteiger partial charge in [0, 0.05) is 25.2 Å². The van der Waals surface area contributed by atoms with E-state index in [2.05, 4.69) is 17.1 Å². The second-order valence-electron chi connectivity index (χ2n) is 3.48. The molecule has 1 heterocycles. The van der Waals surface area contributed by atoms with Crippen molar-refractivity contribution in [2.24, 2.45) is 0 Å². The maximum Gasteiger partial charge on any atom is 0.0335 e. The van der Waals surface area contributed by atoms with Crippen LogP contribution >= 0.6 is 0 Å². The highest BCUT2D eigenvalue weighted by molar-refractivity contribution is 5.07. The van der Waals surface area contributed by atoms with Crippen molar-refractivity contribution in [2.75, 3.05) is 26.2 Å². The fourth-order valence-corrected chi connectivity index (χ4v) is 2.01. The summed E-state index contributed by atoms with van der Waals surface area (Å²) in [5.74, 6) is 0. The lowest BCUT2D eigenvalue weighted by Gasteiger charge is -2.35. The first kappa shape index (κ1) is 6.62. The smallest absolute Gasteiger partial charge is 0.0335 e. The van der Waals surface area contributed by atoms with Crippen molar-refractivity contribution < 1.29 is 0 Å². The minimum absolute atomic E-state index is 0.618. The zero-order chi connectivity index (χ0) is 7.03. The Morgan fingerprint density at radius 1 is 1.50 bits per heavy atom. The van der Waals surface area contributed by atoms with Gasteiger partial charge >= 0.3 is 0 Å². The van der Waals surface area contributed by atoms with Crippen molar-refractivity contribution in [3.63, 3.8) is 0 Å². The zero-order valence-corrected chi connectivity index (χ0v) is 6.69. The molecule has 0 atom stereocenters. The van der Waals surface area contributed by atoms with Crippen molar-refractivity contribution in [1.82, 2.24) is 10.2 Å². The van der Waals surface area contributed by atoms with Crippen LogP contribution in [0, 0.1) is 0 Å². The molecule has 58 valence electrons. The topological polar surface area (TPSA) is 15.3 Å². The lowest BCUT2D eigenvalue weighted by atomic mass is 10.1. The van der Waals surface area contributed by atoms with Crippen LogP contribution in [0.1, 0.15) is 19.8 Å². The molecule has 0 aromatic carbocycles. The van der Waals surface area contributed by atoms with Gasteiger partial charge < -0.3 is 5.32 Å². The Labute approximate surface area is 62.6 Å². The summed E-state index contributed by atoms with van der Waals surface area (Å²) in [5.41, 5.74) is 0.618. The van der Waals surface area contributed by atoms with E-state index >= 15 is 0 Å². The highest BCUT2D eigenvalue weighted by Gasteiger charge is 2.48. The van der Waals surface area contributed by atoms with Gasteiger partial charge in [0.25, 0.3) is 0 Å². The van der Waals surface area contributed by atoms with Gasteiger partial charge in [-0.1, -0.05) is 6.92 Å². The Bertz CT molecular complexity index is 129. The summed E-state index contributed by atoms with van der Waals surface area (Å²) in [5, 5.41) is 3.46. The van der Waals surface area contributed by atoms with Crippen LogP contribution in [0.5, 0.6) is 0 Å². The van der Waals surface area contributed by atoms with Crippen LogP contribution in [-0.4, -0.2) is 36.6 Å². The number of nitrogens with zero attached hydrogens (tertiary/aromatic N) is 1. The fourth-order valence-electron chi connectivity index (χ4n) is 2.01. The highest BCUT2D eigenvalue weighted by Crippen LogP contribution is 2.41. The third-order valence-electron chi connectivity index (χ3n) is 2.89. The summed E-state index contributed by atoms with van der Waals surface area (Å²) >= 11 is 0. The summed E-state index contributed by atoms with van der Waals surface area (Å²) in [6, 6.07) is 0. The molecule has 2 aliphatic rings. The second kappa shape index (κ2) is 2.21. The predicted molar refractivity (Wildman–Crippen MR) is 42.1 cm³/mol. The van der Waals surface area contributed by atoms with E-state index in [0.29, 0.717) is 5.54 Å². The Kier molecular flexibility index (Phi) is 1.46. The maximum atomic E-state index is 3.46. The molecule has 1 aliphatic carbocycles. The SMILES string of the molecule is CCN1CCNCC12CC2. The lowest BCUT2D eigenvalue weighted by Crippen LogP contribution is -2.52. The molecule has 10 heavy (non-hydrogen) atoms. The Morgan fingerprint density at radius 2 is 2.30 bits per heavy atom. The van der Waals surface area contributed by atoms with Crippen molar-refractivity contribution in [3.8, 4) is 0 Å². The normalized spacial score (nSPS) is 30.9. The third-order valence-corrected chi connectivity index (χ3v) is 2.89. The van der Waals surface area contributed by atoms with Gasteiger partial charge in [0.2, 0.25) is 0 Å². The average molecular weight is 140 g/mol. The van der Waals surface area contributed by atoms with Gasteiger partial charge in [0.1, 0.15) is 0 Å². The predicted octanol–water partition coefficient (Wildman–Crippen LogP) is 0.444. The van der Waals surface area contributed by atoms with Crippen LogP contribution in [0.2, 0.25) is 0 Å². The van der Waals surface area contributed by atoms with E-state index in [1.165, 1.54) is 39.0 Å². The summed E-state index contributed by atoms with van der Waals surface area (Å²) in [4.78, 5) is 2.63. The van der Waals surface area contributed by atoms with Crippen molar-refractivity contribution in [1.29, 1.82) is 0 Å². The Hall–Kier alpha value is -0.0800. The fraction of sp³-hybridized carbons (Fsp3) is 1.00. The van der Waals surface area contributed by atoms with Crippen LogP contribution in [0.4, 0.5) is 0 Å². The molecule has 0 aromatic rings. The summed E-state index contributed by atoms with van der Waals surface area (Å²) < 4.78 is 0. The molecule has 1 saturated carbocycles. The minimum Gasteiger partial charge on any atom is -0.314 e. The van der Waals surface area contributed by atoms with Crippen LogP contribution in [0.3, 0.4) is 0 Å². The maximum absolute atomic E-state index is 3.46. The van der Waals surface area contributed by atoms with Gasteiger partial charge in [-0.2, -0.15) is 0 Å². The first-order chi connectivity index (χ1) is 4.87. The lowest BCUT2D eigenvalue weighted by molar-refractivity contribution is 0.151. The summed E-state index contributed by atoms with van der Waals surface area (Å²) in [7, 11) is 0. The quantitative estimate of drug-likeness (QED) is 0.568. The molecular formula is C8H16N2. The summed E-state index contributed by atoms with van der Waals surface area (Å²) in [6.07, 6.45) is 2.85. The number of piperazine rings is 1. The standard InChI is InChI=1S/C8H16N2/c1-2-10-6-5-9-7-8(10)3-4-8/h9H,2-7H2,1H3. The molecule has 2 nitrogen and oxygen atoms in total. The summed E-state index contributed by atoms with van der Waals surface area (Å²) in [6.45, 7) is 7.19. The molecule has 0 amide bonds. The number of nitrogens with one attached hydrogen (secondary N) is 1. The van der Waals surface area contributed by atoms with E-state index in [1.54, 1.807) is 0 Å². The van der Waals surface area contributed by atoms with E-state index in [1.807, 2.05) is 0 Å². The largest absolute Gasteiger partial charge is 0.314 e. The van der Waals surface area contributed by atoms with Gasteiger partial charge in [-0.25, -0.2) is 0 Å². The first-order valence-corrected chi connectivity index (χ1v) is 4.33. The molecule has 1 N–H and O–H groups in total. The van der Waals surface area contributed by atoms with Crippen molar-refractivity contribution in [2.45, 2.75) is 25.3 Å². The molecule has 2 fully saturated rings. The third kappa shape index (κ3) is 0.867. The minimum atomic E-state index is 0.618. The van der Waals surface area contributed by atoms with Gasteiger partial charge in [-0.3, -0.25) is 4.90 Å². The van der Waals surface area contributed by atoms with E-state index in [4.69, 9.17) is 0 Å². The molecule has 2 heteroatoms. The van der Waals surface area contributed by atoms with Crippen LogP contribution < -0.4 is 5.32 Å². The Morgan fingerprint density at radius 3 is 2.80 bits per heavy atom. The molecule has 1 spiro atoms. The van der Waals surface area contributed by atoms with Crippen LogP contribution in [0.25, 0.3) is 0 Å². The van der Waals surface area contributed by atoms with Crippen LogP contribution in [-0.2, 0) is 0 Å². The molecule has 0 radical (unpaired) electrons. The monoisotopic (exact) mass is 140 g/mol. The van der Waals surface area contributed by atoms with E-state index in [0.717, 1.165) is 0 Å². The van der Waals surface area contributed by atoms with Crippen molar-refractivity contribution in [3.05, 3.63) is 0 Å². The number of hydrogen-bond acceptors (Lipinski definition) is 2. The number of rotatable bonds is 1. The van der Waals surface area contributed by atoms with Crippen molar-refractivity contribution >= 4 is 0 Å². The molecule has 1 aliphatic heterocycles. The van der Waals surface area contributed by atoms with E-state index in [9.17, 15) is 0 Å². The number of hydrogen-bond donors (Lipinski definition) is 1. The number of likely N-dealkylation sites (N-methyl/N-ethyl adjacent to an activating group) is 1. The van der Waals surface area contributed by atoms with Gasteiger partial charge in [-0.15, -0.1) is 0 Å². The van der Waals surface area contributed by atoms with E-state index < -0.39 is 0 Å². The average Bonchev–Trinajstić information content (AvgIpc) is 2.71. The molecule has 0 aromatic heterocycles. The zero-order valence-electron chi connectivity index (χ0n) is 6.69. The molecular weight excluding hydrogens is 124 g/mol. The van der Waals surface area contributed by atoms with Gasteiger partial charge in [-0.05, 0) is 19.4 Å². The first-order valence-electron chi connectivity index (χ1n) is 4.33. The molecule has 2 rings (SSSR count). The van der Waals surface area contributed by atoms with Gasteiger partial charge in [0.15, 0.2) is 0 Å². The molecule has 0 bridgehead atoms.